The highest BCUT2D eigenvalue weighted by Crippen LogP contribution is 2.39. The monoisotopic (exact) mass is 425 g/mol. The first-order valence-corrected chi connectivity index (χ1v) is 9.84. The number of fused-ring (bicyclic) bond motifs is 2. The van der Waals surface area contributed by atoms with E-state index in [2.05, 4.69) is 9.97 Å². The molecule has 1 aliphatic heterocycles. The van der Waals surface area contributed by atoms with Crippen molar-refractivity contribution in [3.8, 4) is 5.75 Å². The van der Waals surface area contributed by atoms with Crippen LogP contribution < -0.4 is 19.3 Å². The molecule has 0 radical (unpaired) electrons. The Morgan fingerprint density at radius 1 is 1.23 bits per heavy atom. The summed E-state index contributed by atoms with van der Waals surface area (Å²) < 4.78 is 6.60. The van der Waals surface area contributed by atoms with Gasteiger partial charge in [0.25, 0.3) is 5.91 Å². The summed E-state index contributed by atoms with van der Waals surface area (Å²) in [5, 5.41) is 11.5. The van der Waals surface area contributed by atoms with Crippen molar-refractivity contribution >= 4 is 34.8 Å². The van der Waals surface area contributed by atoms with Gasteiger partial charge in [-0.05, 0) is 32.0 Å². The summed E-state index contributed by atoms with van der Waals surface area (Å²) in [5.41, 5.74) is 1.85. The van der Waals surface area contributed by atoms with Crippen molar-refractivity contribution < 1.29 is 14.3 Å². The number of carbonyl (C=O) groups is 1. The molecule has 0 N–H and O–H groups in total. The van der Waals surface area contributed by atoms with Crippen molar-refractivity contribution in [1.29, 1.82) is 0 Å². The summed E-state index contributed by atoms with van der Waals surface area (Å²) >= 11 is 6.12. The number of amides is 1. The molecule has 1 amide bonds. The van der Waals surface area contributed by atoms with Crippen LogP contribution >= 0.6 is 11.6 Å². The normalized spacial score (nSPS) is 14.1. The van der Waals surface area contributed by atoms with Gasteiger partial charge in [-0.15, -0.1) is 0 Å². The van der Waals surface area contributed by atoms with Gasteiger partial charge in [0.2, 0.25) is 0 Å². The van der Waals surface area contributed by atoms with E-state index in [0.717, 1.165) is 5.56 Å². The lowest BCUT2D eigenvalue weighted by Gasteiger charge is -2.23. The number of rotatable bonds is 4. The van der Waals surface area contributed by atoms with Gasteiger partial charge in [0, 0.05) is 37.5 Å². The van der Waals surface area contributed by atoms with Crippen molar-refractivity contribution in [3.63, 3.8) is 0 Å². The Bertz CT molecular complexity index is 1110. The van der Waals surface area contributed by atoms with E-state index >= 15 is 0 Å². The molecule has 0 spiro atoms. The Morgan fingerprint density at radius 3 is 2.67 bits per heavy atom. The van der Waals surface area contributed by atoms with E-state index in [1.165, 1.54) is 12.4 Å². The van der Waals surface area contributed by atoms with E-state index in [0.29, 0.717) is 45.1 Å². The maximum absolute atomic E-state index is 13.2. The molecule has 1 atom stereocenters. The SMILES string of the molecule is CCN1c2ncc(C(C)Oc3cc[n+]([O-])cc3)cc2C(=O)N(C)c2ccc(Cl)nc21. The first kappa shape index (κ1) is 19.9. The fourth-order valence-electron chi connectivity index (χ4n) is 3.39. The van der Waals surface area contributed by atoms with Gasteiger partial charge in [-0.25, -0.2) is 9.97 Å². The van der Waals surface area contributed by atoms with E-state index in [9.17, 15) is 10.0 Å². The first-order valence-electron chi connectivity index (χ1n) is 9.46. The molecular formula is C21H20ClN5O3. The van der Waals surface area contributed by atoms with Crippen molar-refractivity contribution in [3.05, 3.63) is 70.4 Å². The third-order valence-electron chi connectivity index (χ3n) is 4.99. The Hall–Kier alpha value is -3.39. The molecule has 154 valence electrons. The zero-order valence-electron chi connectivity index (χ0n) is 16.7. The smallest absolute Gasteiger partial charge is 0.261 e. The van der Waals surface area contributed by atoms with Crippen LogP contribution in [0, 0.1) is 5.21 Å². The van der Waals surface area contributed by atoms with Gasteiger partial charge in [0.1, 0.15) is 22.8 Å². The predicted molar refractivity (Wildman–Crippen MR) is 113 cm³/mol. The van der Waals surface area contributed by atoms with Gasteiger partial charge in [0.15, 0.2) is 18.2 Å². The average Bonchev–Trinajstić information content (AvgIpc) is 2.82. The second-order valence-corrected chi connectivity index (χ2v) is 7.27. The third-order valence-corrected chi connectivity index (χ3v) is 5.20. The number of nitrogens with zero attached hydrogens (tertiary/aromatic N) is 5. The van der Waals surface area contributed by atoms with Crippen LogP contribution in [-0.2, 0) is 0 Å². The highest BCUT2D eigenvalue weighted by Gasteiger charge is 2.31. The molecule has 30 heavy (non-hydrogen) atoms. The molecule has 0 fully saturated rings. The van der Waals surface area contributed by atoms with E-state index < -0.39 is 0 Å². The predicted octanol–water partition coefficient (Wildman–Crippen LogP) is 3.65. The van der Waals surface area contributed by atoms with Crippen LogP contribution in [0.25, 0.3) is 0 Å². The molecule has 0 aliphatic carbocycles. The van der Waals surface area contributed by atoms with Crippen molar-refractivity contribution in [2.24, 2.45) is 0 Å². The average molecular weight is 426 g/mol. The third kappa shape index (κ3) is 3.50. The summed E-state index contributed by atoms with van der Waals surface area (Å²) in [5.74, 6) is 1.46. The summed E-state index contributed by atoms with van der Waals surface area (Å²) in [6.45, 7) is 4.39. The minimum atomic E-state index is -0.378. The van der Waals surface area contributed by atoms with E-state index in [4.69, 9.17) is 16.3 Å². The van der Waals surface area contributed by atoms with E-state index in [1.54, 1.807) is 48.5 Å². The number of aromatic nitrogens is 3. The summed E-state index contributed by atoms with van der Waals surface area (Å²) in [6.07, 6.45) is 4.04. The molecular weight excluding hydrogens is 406 g/mol. The lowest BCUT2D eigenvalue weighted by Crippen LogP contribution is -2.26. The molecule has 1 unspecified atom stereocenters. The Morgan fingerprint density at radius 2 is 1.97 bits per heavy atom. The Balaban J connectivity index is 1.74. The molecule has 1 aliphatic rings. The van der Waals surface area contributed by atoms with Gasteiger partial charge in [-0.2, -0.15) is 4.73 Å². The summed E-state index contributed by atoms with van der Waals surface area (Å²) in [6, 6.07) is 8.41. The van der Waals surface area contributed by atoms with Crippen LogP contribution in [0.1, 0.15) is 35.9 Å². The van der Waals surface area contributed by atoms with Gasteiger partial charge in [-0.3, -0.25) is 4.79 Å². The Labute approximate surface area is 178 Å². The molecule has 0 saturated heterocycles. The molecule has 8 nitrogen and oxygen atoms in total. The zero-order chi connectivity index (χ0) is 21.4. The fourth-order valence-corrected chi connectivity index (χ4v) is 3.53. The number of pyridine rings is 3. The number of hydrogen-bond acceptors (Lipinski definition) is 6. The summed E-state index contributed by atoms with van der Waals surface area (Å²) in [7, 11) is 1.70. The van der Waals surface area contributed by atoms with Crippen LogP contribution in [-0.4, -0.2) is 29.5 Å². The second kappa shape index (κ2) is 7.79. The number of halogens is 1. The van der Waals surface area contributed by atoms with Crippen LogP contribution in [0.2, 0.25) is 5.15 Å². The molecule has 3 aromatic rings. The van der Waals surface area contributed by atoms with Gasteiger partial charge in [-0.1, -0.05) is 11.6 Å². The maximum atomic E-state index is 13.2. The molecule has 0 bridgehead atoms. The van der Waals surface area contributed by atoms with Crippen LogP contribution in [0.4, 0.5) is 17.3 Å². The Kier molecular flexibility index (Phi) is 5.17. The molecule has 4 rings (SSSR count). The maximum Gasteiger partial charge on any atom is 0.261 e. The minimum absolute atomic E-state index is 0.194. The molecule has 4 heterocycles. The lowest BCUT2D eigenvalue weighted by atomic mass is 10.1. The number of anilines is 3. The first-order chi connectivity index (χ1) is 14.4. The van der Waals surface area contributed by atoms with Crippen molar-refractivity contribution in [1.82, 2.24) is 9.97 Å². The lowest BCUT2D eigenvalue weighted by molar-refractivity contribution is -0.605. The standard InChI is InChI=1S/C21H20ClN5O3/c1-4-27-19-16(21(28)25(3)17-5-6-18(22)24-20(17)27)11-14(12-23-19)13(2)30-15-7-9-26(29)10-8-15/h5-13H,4H2,1-3H3. The number of carbonyl (C=O) groups excluding carboxylic acids is 1. The highest BCUT2D eigenvalue weighted by molar-refractivity contribution is 6.29. The zero-order valence-corrected chi connectivity index (χ0v) is 17.5. The van der Waals surface area contributed by atoms with Crippen molar-refractivity contribution in [2.45, 2.75) is 20.0 Å². The second-order valence-electron chi connectivity index (χ2n) is 6.88. The van der Waals surface area contributed by atoms with E-state index in [-0.39, 0.29) is 12.0 Å². The molecule has 3 aromatic heterocycles. The van der Waals surface area contributed by atoms with E-state index in [1.807, 2.05) is 18.7 Å². The molecule has 0 saturated carbocycles. The topological polar surface area (TPSA) is 85.5 Å². The molecule has 0 aromatic carbocycles. The van der Waals surface area contributed by atoms with Crippen LogP contribution in [0.5, 0.6) is 5.75 Å². The summed E-state index contributed by atoms with van der Waals surface area (Å²) in [4.78, 5) is 25.7. The largest absolute Gasteiger partial charge is 0.619 e. The quantitative estimate of drug-likeness (QED) is 0.360. The fraction of sp³-hybridized carbons (Fsp3) is 0.238. The van der Waals surface area contributed by atoms with Gasteiger partial charge >= 0.3 is 0 Å². The number of ether oxygens (including phenoxy) is 1. The minimum Gasteiger partial charge on any atom is -0.619 e. The van der Waals surface area contributed by atoms with Gasteiger partial charge in [0.05, 0.1) is 11.3 Å². The van der Waals surface area contributed by atoms with Gasteiger partial charge < -0.3 is 19.7 Å². The van der Waals surface area contributed by atoms with Crippen molar-refractivity contribution in [2.75, 3.05) is 23.4 Å². The van der Waals surface area contributed by atoms with Crippen LogP contribution in [0.15, 0.2) is 48.9 Å². The van der Waals surface area contributed by atoms with Crippen LogP contribution in [0.3, 0.4) is 0 Å². The number of hydrogen-bond donors (Lipinski definition) is 0. The molecule has 9 heteroatoms. The highest BCUT2D eigenvalue weighted by atomic mass is 35.5.